The molecule has 1 N–H and O–H groups in total. The van der Waals surface area contributed by atoms with Crippen molar-refractivity contribution in [2.75, 3.05) is 7.11 Å². The Balaban J connectivity index is 2.20. The van der Waals surface area contributed by atoms with Crippen LogP contribution in [0.4, 0.5) is 0 Å². The van der Waals surface area contributed by atoms with E-state index in [0.717, 1.165) is 22.3 Å². The molecule has 0 radical (unpaired) electrons. The van der Waals surface area contributed by atoms with Crippen LogP contribution >= 0.6 is 12.2 Å². The van der Waals surface area contributed by atoms with Crippen LogP contribution in [0.25, 0.3) is 11.0 Å². The lowest BCUT2D eigenvalue weighted by atomic mass is 10.1. The topological polar surface area (TPSA) is 42.8 Å². The van der Waals surface area contributed by atoms with Gasteiger partial charge in [0.05, 0.1) is 24.2 Å². The van der Waals surface area contributed by atoms with E-state index < -0.39 is 0 Å². The van der Waals surface area contributed by atoms with Crippen LogP contribution in [-0.4, -0.2) is 21.6 Å². The van der Waals surface area contributed by atoms with Gasteiger partial charge in [-0.2, -0.15) is 0 Å². The minimum atomic E-state index is 0.108. The van der Waals surface area contributed by atoms with E-state index in [1.165, 1.54) is 0 Å². The van der Waals surface area contributed by atoms with E-state index in [1.54, 1.807) is 13.3 Å². The number of nitrogens with one attached hydrogen (secondary N) is 1. The van der Waals surface area contributed by atoms with Crippen LogP contribution in [0.5, 0.6) is 5.75 Å². The maximum absolute atomic E-state index is 5.45. The number of benzene rings is 1. The summed E-state index contributed by atoms with van der Waals surface area (Å²) >= 11 is 5.45. The van der Waals surface area contributed by atoms with Gasteiger partial charge in [0, 0.05) is 18.5 Å². The van der Waals surface area contributed by atoms with Crippen LogP contribution < -0.4 is 4.74 Å². The Morgan fingerprint density at radius 1 is 1.35 bits per heavy atom. The van der Waals surface area contributed by atoms with Crippen LogP contribution in [0, 0.1) is 4.77 Å². The highest BCUT2D eigenvalue weighted by atomic mass is 32.1. The van der Waals surface area contributed by atoms with Gasteiger partial charge >= 0.3 is 0 Å². The first kappa shape index (κ1) is 12.9. The monoisotopic (exact) mass is 285 g/mol. The highest BCUT2D eigenvalue weighted by Gasteiger charge is 2.13. The van der Waals surface area contributed by atoms with Crippen LogP contribution in [-0.2, 0) is 0 Å². The van der Waals surface area contributed by atoms with E-state index in [4.69, 9.17) is 17.0 Å². The molecule has 1 aromatic carbocycles. The fourth-order valence-electron chi connectivity index (χ4n) is 2.38. The van der Waals surface area contributed by atoms with Crippen LogP contribution in [0.15, 0.2) is 42.7 Å². The molecular formula is C15H15N3OS. The number of pyridine rings is 1. The summed E-state index contributed by atoms with van der Waals surface area (Å²) in [5.74, 6) is 0.818. The van der Waals surface area contributed by atoms with E-state index in [9.17, 15) is 0 Å². The standard InChI is InChI=1S/C15H15N3OS/c1-10(11-4-3-7-16-9-11)18-14-8-12(19-2)5-6-13(14)17-15(18)20/h3-10H,1-2H3,(H,17,20). The van der Waals surface area contributed by atoms with Gasteiger partial charge in [-0.3, -0.25) is 4.98 Å². The van der Waals surface area contributed by atoms with Gasteiger partial charge in [-0.25, -0.2) is 0 Å². The average molecular weight is 285 g/mol. The van der Waals surface area contributed by atoms with Crippen molar-refractivity contribution in [1.82, 2.24) is 14.5 Å². The molecule has 5 heteroatoms. The van der Waals surface area contributed by atoms with E-state index >= 15 is 0 Å². The number of imidazole rings is 1. The normalized spacial score (nSPS) is 12.5. The van der Waals surface area contributed by atoms with Crippen LogP contribution in [0.2, 0.25) is 0 Å². The molecule has 0 saturated carbocycles. The van der Waals surface area contributed by atoms with Gasteiger partial charge in [0.25, 0.3) is 0 Å². The van der Waals surface area contributed by atoms with Crippen LogP contribution in [0.3, 0.4) is 0 Å². The summed E-state index contributed by atoms with van der Waals surface area (Å²) < 4.78 is 8.08. The first-order chi connectivity index (χ1) is 9.70. The Kier molecular flexibility index (Phi) is 3.28. The maximum atomic E-state index is 5.45. The minimum absolute atomic E-state index is 0.108. The first-order valence-corrected chi connectivity index (χ1v) is 6.79. The van der Waals surface area contributed by atoms with Gasteiger partial charge in [0.2, 0.25) is 0 Å². The fourth-order valence-corrected chi connectivity index (χ4v) is 2.75. The lowest BCUT2D eigenvalue weighted by Gasteiger charge is -2.14. The number of rotatable bonds is 3. The smallest absolute Gasteiger partial charge is 0.178 e. The largest absolute Gasteiger partial charge is 0.497 e. The summed E-state index contributed by atoms with van der Waals surface area (Å²) in [7, 11) is 1.66. The van der Waals surface area contributed by atoms with Crippen molar-refractivity contribution in [2.45, 2.75) is 13.0 Å². The summed E-state index contributed by atoms with van der Waals surface area (Å²) in [6, 6.07) is 10.00. The van der Waals surface area contributed by atoms with Crippen molar-refractivity contribution in [1.29, 1.82) is 0 Å². The summed E-state index contributed by atoms with van der Waals surface area (Å²) in [5.41, 5.74) is 3.16. The molecule has 0 saturated heterocycles. The molecule has 0 amide bonds. The van der Waals surface area contributed by atoms with Crippen molar-refractivity contribution < 1.29 is 4.74 Å². The first-order valence-electron chi connectivity index (χ1n) is 6.39. The molecule has 102 valence electrons. The highest BCUT2D eigenvalue weighted by Crippen LogP contribution is 2.26. The summed E-state index contributed by atoms with van der Waals surface area (Å²) in [6.45, 7) is 2.11. The van der Waals surface area contributed by atoms with Gasteiger partial charge < -0.3 is 14.3 Å². The highest BCUT2D eigenvalue weighted by molar-refractivity contribution is 7.71. The Bertz CT molecular complexity index is 792. The average Bonchev–Trinajstić information content (AvgIpc) is 2.82. The van der Waals surface area contributed by atoms with Crippen molar-refractivity contribution in [3.8, 4) is 5.75 Å². The molecular weight excluding hydrogens is 270 g/mol. The molecule has 0 aliphatic carbocycles. The lowest BCUT2D eigenvalue weighted by molar-refractivity contribution is 0.415. The van der Waals surface area contributed by atoms with Gasteiger partial charge in [-0.15, -0.1) is 0 Å². The summed E-state index contributed by atoms with van der Waals surface area (Å²) in [4.78, 5) is 7.41. The molecule has 0 aliphatic heterocycles. The number of fused-ring (bicyclic) bond motifs is 1. The molecule has 1 unspecified atom stereocenters. The molecule has 3 rings (SSSR count). The number of ether oxygens (including phenoxy) is 1. The second kappa shape index (κ2) is 5.09. The predicted octanol–water partition coefficient (Wildman–Crippen LogP) is 3.71. The molecule has 1 atom stereocenters. The molecule has 0 fully saturated rings. The second-order valence-corrected chi connectivity index (χ2v) is 5.03. The van der Waals surface area contributed by atoms with Crippen molar-refractivity contribution >= 4 is 23.3 Å². The number of hydrogen-bond donors (Lipinski definition) is 1. The van der Waals surface area contributed by atoms with Crippen LogP contribution in [0.1, 0.15) is 18.5 Å². The molecule has 0 aliphatic rings. The minimum Gasteiger partial charge on any atom is -0.497 e. The van der Waals surface area contributed by atoms with Gasteiger partial charge in [0.1, 0.15) is 5.75 Å². The summed E-state index contributed by atoms with van der Waals surface area (Å²) in [6.07, 6.45) is 3.64. The second-order valence-electron chi connectivity index (χ2n) is 4.65. The van der Waals surface area contributed by atoms with Crippen molar-refractivity contribution in [3.05, 3.63) is 53.1 Å². The third kappa shape index (κ3) is 2.10. The Morgan fingerprint density at radius 2 is 2.20 bits per heavy atom. The molecule has 2 aromatic heterocycles. The third-order valence-corrected chi connectivity index (χ3v) is 3.78. The number of aromatic nitrogens is 3. The SMILES string of the molecule is COc1ccc2[nH]c(=S)n(C(C)c3cccnc3)c2c1. The van der Waals surface area contributed by atoms with E-state index in [1.807, 2.05) is 30.5 Å². The summed E-state index contributed by atoms with van der Waals surface area (Å²) in [5, 5.41) is 0. The third-order valence-electron chi connectivity index (χ3n) is 3.48. The molecule has 0 bridgehead atoms. The quantitative estimate of drug-likeness (QED) is 0.746. The predicted molar refractivity (Wildman–Crippen MR) is 81.7 cm³/mol. The van der Waals surface area contributed by atoms with Crippen molar-refractivity contribution in [3.63, 3.8) is 0 Å². The van der Waals surface area contributed by atoms with Gasteiger partial charge in [-0.05, 0) is 42.9 Å². The van der Waals surface area contributed by atoms with Crippen molar-refractivity contribution in [2.24, 2.45) is 0 Å². The number of methoxy groups -OCH3 is 1. The Morgan fingerprint density at radius 3 is 2.90 bits per heavy atom. The maximum Gasteiger partial charge on any atom is 0.178 e. The molecule has 4 nitrogen and oxygen atoms in total. The zero-order chi connectivity index (χ0) is 14.1. The van der Waals surface area contributed by atoms with E-state index in [0.29, 0.717) is 4.77 Å². The van der Waals surface area contributed by atoms with Gasteiger partial charge in [-0.1, -0.05) is 6.07 Å². The molecule has 20 heavy (non-hydrogen) atoms. The molecule has 0 spiro atoms. The van der Waals surface area contributed by atoms with Gasteiger partial charge in [0.15, 0.2) is 4.77 Å². The number of H-pyrrole nitrogens is 1. The molecule has 3 aromatic rings. The zero-order valence-corrected chi connectivity index (χ0v) is 12.1. The Hall–Kier alpha value is -2.14. The lowest BCUT2D eigenvalue weighted by Crippen LogP contribution is -2.07. The number of hydrogen-bond acceptors (Lipinski definition) is 3. The van der Waals surface area contributed by atoms with E-state index in [-0.39, 0.29) is 6.04 Å². The number of nitrogens with zero attached hydrogens (tertiary/aromatic N) is 2. The molecule has 2 heterocycles. The number of aromatic amines is 1. The van der Waals surface area contributed by atoms with E-state index in [2.05, 4.69) is 27.5 Å². The zero-order valence-electron chi connectivity index (χ0n) is 11.3. The Labute approximate surface area is 122 Å². The fraction of sp³-hybridized carbons (Fsp3) is 0.200.